The summed E-state index contributed by atoms with van der Waals surface area (Å²) in [5, 5.41) is 3.49. The molecule has 152 valence electrons. The largest absolute Gasteiger partial charge is 0.370 e. The van der Waals surface area contributed by atoms with Crippen LogP contribution in [-0.2, 0) is 0 Å². The number of rotatable bonds is 9. The molecule has 5 nitrogen and oxygen atoms in total. The number of hydrogen-bond donors (Lipinski definition) is 1. The van der Waals surface area contributed by atoms with E-state index >= 15 is 0 Å². The third kappa shape index (κ3) is 5.78. The molecule has 3 rings (SSSR count). The molecule has 0 saturated heterocycles. The van der Waals surface area contributed by atoms with Crippen molar-refractivity contribution in [1.82, 2.24) is 14.9 Å². The van der Waals surface area contributed by atoms with Crippen molar-refractivity contribution >= 4 is 17.5 Å². The molecule has 0 amide bonds. The van der Waals surface area contributed by atoms with E-state index in [1.165, 1.54) is 5.56 Å². The molecule has 0 fully saturated rings. The topological polar surface area (TPSA) is 44.3 Å². The summed E-state index contributed by atoms with van der Waals surface area (Å²) in [5.74, 6) is 1.58. The Bertz CT molecular complexity index is 908. The van der Waals surface area contributed by atoms with Crippen LogP contribution >= 0.6 is 0 Å². The molecular formula is C24H31N5. The molecule has 5 heteroatoms. The highest BCUT2D eigenvalue weighted by atomic mass is 15.3. The van der Waals surface area contributed by atoms with Crippen molar-refractivity contribution in [3.05, 3.63) is 66.2 Å². The second-order valence-corrected chi connectivity index (χ2v) is 7.47. The zero-order chi connectivity index (χ0) is 20.6. The van der Waals surface area contributed by atoms with Gasteiger partial charge in [0.15, 0.2) is 0 Å². The lowest BCUT2D eigenvalue weighted by Crippen LogP contribution is -2.20. The molecule has 0 atom stereocenters. The minimum atomic E-state index is 0.717. The lowest BCUT2D eigenvalue weighted by molar-refractivity contribution is 0.405. The molecule has 1 heterocycles. The van der Waals surface area contributed by atoms with Crippen molar-refractivity contribution in [3.63, 3.8) is 0 Å². The Hall–Kier alpha value is -2.92. The molecular weight excluding hydrogens is 358 g/mol. The van der Waals surface area contributed by atoms with Crippen molar-refractivity contribution in [1.29, 1.82) is 0 Å². The van der Waals surface area contributed by atoms with Crippen LogP contribution in [0, 0.1) is 6.92 Å². The summed E-state index contributed by atoms with van der Waals surface area (Å²) in [6, 6.07) is 20.8. The summed E-state index contributed by atoms with van der Waals surface area (Å²) in [6.07, 6.45) is 1.06. The number of aryl methyl sites for hydroxylation is 1. The van der Waals surface area contributed by atoms with Crippen LogP contribution in [0.15, 0.2) is 60.7 Å². The van der Waals surface area contributed by atoms with Crippen molar-refractivity contribution < 1.29 is 0 Å². The molecule has 3 aromatic rings. The number of benzene rings is 2. The molecule has 0 aliphatic heterocycles. The first-order valence-corrected chi connectivity index (χ1v) is 10.2. The van der Waals surface area contributed by atoms with Gasteiger partial charge in [0.05, 0.1) is 5.69 Å². The van der Waals surface area contributed by atoms with Gasteiger partial charge in [-0.25, -0.2) is 4.98 Å². The van der Waals surface area contributed by atoms with E-state index in [1.807, 2.05) is 24.3 Å². The number of hydrogen-bond acceptors (Lipinski definition) is 5. The van der Waals surface area contributed by atoms with Crippen molar-refractivity contribution in [2.24, 2.45) is 0 Å². The van der Waals surface area contributed by atoms with Gasteiger partial charge in [0.25, 0.3) is 0 Å². The summed E-state index contributed by atoms with van der Waals surface area (Å²) < 4.78 is 0. The van der Waals surface area contributed by atoms with E-state index in [1.54, 1.807) is 0 Å². The van der Waals surface area contributed by atoms with Crippen molar-refractivity contribution in [2.75, 3.05) is 43.9 Å². The summed E-state index contributed by atoms with van der Waals surface area (Å²) in [6.45, 7) is 6.95. The van der Waals surface area contributed by atoms with Crippen LogP contribution in [0.2, 0.25) is 0 Å². The zero-order valence-electron chi connectivity index (χ0n) is 17.9. The van der Waals surface area contributed by atoms with Gasteiger partial charge in [0.1, 0.15) is 5.82 Å². The maximum absolute atomic E-state index is 4.90. The Kier molecular flexibility index (Phi) is 7.19. The summed E-state index contributed by atoms with van der Waals surface area (Å²) in [7, 11) is 4.19. The highest BCUT2D eigenvalue weighted by Crippen LogP contribution is 2.27. The predicted molar refractivity (Wildman–Crippen MR) is 123 cm³/mol. The minimum Gasteiger partial charge on any atom is -0.370 e. The van der Waals surface area contributed by atoms with Gasteiger partial charge in [-0.1, -0.05) is 42.5 Å². The fourth-order valence-corrected chi connectivity index (χ4v) is 3.25. The first kappa shape index (κ1) is 20.8. The van der Waals surface area contributed by atoms with Crippen LogP contribution in [0.4, 0.5) is 17.5 Å². The maximum atomic E-state index is 4.90. The monoisotopic (exact) mass is 389 g/mol. The third-order valence-electron chi connectivity index (χ3n) is 4.74. The minimum absolute atomic E-state index is 0.717. The Morgan fingerprint density at radius 3 is 2.41 bits per heavy atom. The Labute approximate surface area is 174 Å². The summed E-state index contributed by atoms with van der Waals surface area (Å²) >= 11 is 0. The molecule has 29 heavy (non-hydrogen) atoms. The van der Waals surface area contributed by atoms with Gasteiger partial charge < -0.3 is 15.1 Å². The Morgan fingerprint density at radius 1 is 0.931 bits per heavy atom. The first-order valence-electron chi connectivity index (χ1n) is 10.2. The van der Waals surface area contributed by atoms with Gasteiger partial charge in [-0.2, -0.15) is 4.98 Å². The highest BCUT2D eigenvalue weighted by molar-refractivity contribution is 5.67. The molecule has 0 aliphatic carbocycles. The average molecular weight is 390 g/mol. The van der Waals surface area contributed by atoms with Crippen LogP contribution in [0.1, 0.15) is 18.9 Å². The lowest BCUT2D eigenvalue weighted by Gasteiger charge is -2.23. The molecule has 1 N–H and O–H groups in total. The van der Waals surface area contributed by atoms with Gasteiger partial charge >= 0.3 is 0 Å². The maximum Gasteiger partial charge on any atom is 0.232 e. The van der Waals surface area contributed by atoms with E-state index in [0.717, 1.165) is 54.8 Å². The summed E-state index contributed by atoms with van der Waals surface area (Å²) in [5.41, 5.74) is 4.35. The standard InChI is InChI=1S/C24H31N5/c1-5-29(21-14-9-11-19(2)17-21)24-26-22(20-12-7-6-8-13-20)18-23(27-24)25-15-10-16-28(3)4/h6-9,11-14,17-18H,5,10,15-16H2,1-4H3,(H,25,26,27). The Balaban J connectivity index is 1.95. The Morgan fingerprint density at radius 2 is 1.72 bits per heavy atom. The van der Waals surface area contributed by atoms with Crippen molar-refractivity contribution in [3.8, 4) is 11.3 Å². The van der Waals surface area contributed by atoms with Gasteiger partial charge in [0, 0.05) is 30.4 Å². The number of nitrogens with zero attached hydrogens (tertiary/aromatic N) is 4. The molecule has 0 spiro atoms. The van der Waals surface area contributed by atoms with Crippen molar-refractivity contribution in [2.45, 2.75) is 20.3 Å². The predicted octanol–water partition coefficient (Wildman–Crippen LogP) is 4.97. The fourth-order valence-electron chi connectivity index (χ4n) is 3.25. The van der Waals surface area contributed by atoms with Gasteiger partial charge in [0.2, 0.25) is 5.95 Å². The van der Waals surface area contributed by atoms with Crippen LogP contribution < -0.4 is 10.2 Å². The van der Waals surface area contributed by atoms with Crippen LogP contribution in [0.5, 0.6) is 0 Å². The quantitative estimate of drug-likeness (QED) is 0.523. The molecule has 0 bridgehead atoms. The van der Waals surface area contributed by atoms with E-state index < -0.39 is 0 Å². The van der Waals surface area contributed by atoms with Gasteiger partial charge in [-0.3, -0.25) is 0 Å². The van der Waals surface area contributed by atoms with E-state index in [2.05, 4.69) is 79.5 Å². The molecule has 0 radical (unpaired) electrons. The zero-order valence-corrected chi connectivity index (χ0v) is 17.9. The van der Waals surface area contributed by atoms with E-state index in [9.17, 15) is 0 Å². The van der Waals surface area contributed by atoms with Gasteiger partial charge in [-0.15, -0.1) is 0 Å². The number of aromatic nitrogens is 2. The van der Waals surface area contributed by atoms with E-state index in [4.69, 9.17) is 9.97 Å². The second-order valence-electron chi connectivity index (χ2n) is 7.47. The molecule has 2 aromatic carbocycles. The second kappa shape index (κ2) is 10.0. The van der Waals surface area contributed by atoms with Crippen LogP contribution in [-0.4, -0.2) is 48.6 Å². The van der Waals surface area contributed by atoms with Crippen LogP contribution in [0.25, 0.3) is 11.3 Å². The van der Waals surface area contributed by atoms with E-state index in [-0.39, 0.29) is 0 Å². The first-order chi connectivity index (χ1) is 14.1. The molecule has 0 saturated carbocycles. The fraction of sp³-hybridized carbons (Fsp3) is 0.333. The lowest BCUT2D eigenvalue weighted by atomic mass is 10.1. The molecule has 0 unspecified atom stereocenters. The summed E-state index contributed by atoms with van der Waals surface area (Å²) in [4.78, 5) is 14.1. The molecule has 0 aliphatic rings. The third-order valence-corrected chi connectivity index (χ3v) is 4.74. The van der Waals surface area contributed by atoms with Crippen LogP contribution in [0.3, 0.4) is 0 Å². The van der Waals surface area contributed by atoms with Gasteiger partial charge in [-0.05, 0) is 58.6 Å². The smallest absolute Gasteiger partial charge is 0.232 e. The highest BCUT2D eigenvalue weighted by Gasteiger charge is 2.14. The number of anilines is 3. The molecule has 1 aromatic heterocycles. The normalized spacial score (nSPS) is 10.9. The van der Waals surface area contributed by atoms with E-state index in [0.29, 0.717) is 0 Å². The SMILES string of the molecule is CCN(c1cccc(C)c1)c1nc(NCCCN(C)C)cc(-c2ccccc2)n1. The number of nitrogens with one attached hydrogen (secondary N) is 1. The average Bonchev–Trinajstić information content (AvgIpc) is 2.72.